The van der Waals surface area contributed by atoms with Crippen LogP contribution < -0.4 is 5.32 Å². The molecular weight excluding hydrogens is 242 g/mol. The van der Waals surface area contributed by atoms with Crippen LogP contribution in [0, 0.1) is 5.92 Å². The Labute approximate surface area is 104 Å². The van der Waals surface area contributed by atoms with E-state index in [0.717, 1.165) is 0 Å². The Morgan fingerprint density at radius 2 is 1.76 bits per heavy atom. The molecule has 0 aliphatic carbocycles. The van der Waals surface area contributed by atoms with Crippen LogP contribution in [0.1, 0.15) is 34.1 Å². The highest BCUT2D eigenvalue weighted by Crippen LogP contribution is 2.03. The lowest BCUT2D eigenvalue weighted by molar-refractivity contribution is -0.137. The van der Waals surface area contributed by atoms with E-state index in [4.69, 9.17) is 5.11 Å². The van der Waals surface area contributed by atoms with Crippen LogP contribution in [0.4, 0.5) is 0 Å². The van der Waals surface area contributed by atoms with Crippen molar-refractivity contribution in [2.24, 2.45) is 5.92 Å². The number of amides is 1. The zero-order valence-electron chi connectivity index (χ0n) is 10.7. The summed E-state index contributed by atoms with van der Waals surface area (Å²) in [6.07, 6.45) is -0.181. The average molecular weight is 263 g/mol. The molecule has 0 bridgehead atoms. The largest absolute Gasteiger partial charge is 0.481 e. The van der Waals surface area contributed by atoms with Gasteiger partial charge in [-0.05, 0) is 12.8 Å². The zero-order chi connectivity index (χ0) is 13.6. The van der Waals surface area contributed by atoms with E-state index in [0.29, 0.717) is 5.92 Å². The van der Waals surface area contributed by atoms with Gasteiger partial charge in [0.2, 0.25) is 5.91 Å². The monoisotopic (exact) mass is 263 g/mol. The van der Waals surface area contributed by atoms with Gasteiger partial charge >= 0.3 is 5.97 Å². The van der Waals surface area contributed by atoms with E-state index < -0.39 is 22.0 Å². The number of carboxylic acid groups (broad SMARTS) is 1. The lowest BCUT2D eigenvalue weighted by atomic mass is 10.1. The van der Waals surface area contributed by atoms with E-state index >= 15 is 0 Å². The first-order valence-electron chi connectivity index (χ1n) is 5.62. The second-order valence-corrected chi connectivity index (χ2v) is 6.39. The molecule has 0 aromatic rings. The molecule has 0 spiro atoms. The fourth-order valence-corrected chi connectivity index (χ4v) is 2.03. The van der Waals surface area contributed by atoms with Crippen molar-refractivity contribution >= 4 is 22.7 Å². The predicted molar refractivity (Wildman–Crippen MR) is 67.2 cm³/mol. The third-order valence-corrected chi connectivity index (χ3v) is 4.18. The van der Waals surface area contributed by atoms with Crippen LogP contribution in [0.25, 0.3) is 0 Å². The van der Waals surface area contributed by atoms with E-state index in [1.54, 1.807) is 6.92 Å². The second kappa shape index (κ2) is 7.42. The summed E-state index contributed by atoms with van der Waals surface area (Å²) in [7, 11) is -1.44. The molecule has 6 heteroatoms. The molecule has 0 saturated heterocycles. The molecule has 0 heterocycles. The van der Waals surface area contributed by atoms with Crippen molar-refractivity contribution in [3.63, 3.8) is 0 Å². The normalized spacial score (nSPS) is 16.3. The first kappa shape index (κ1) is 16.1. The maximum Gasteiger partial charge on any atom is 0.304 e. The molecule has 2 N–H and O–H groups in total. The number of aliphatic carboxylic acids is 1. The molecule has 17 heavy (non-hydrogen) atoms. The molecule has 0 fully saturated rings. The van der Waals surface area contributed by atoms with Gasteiger partial charge in [-0.15, -0.1) is 0 Å². The third kappa shape index (κ3) is 7.10. The fourth-order valence-electron chi connectivity index (χ4n) is 1.07. The summed E-state index contributed by atoms with van der Waals surface area (Å²) in [5, 5.41) is 10.8. The van der Waals surface area contributed by atoms with Crippen LogP contribution in [0.5, 0.6) is 0 Å². The lowest BCUT2D eigenvalue weighted by Crippen LogP contribution is -2.39. The minimum absolute atomic E-state index is 0.0225. The van der Waals surface area contributed by atoms with Crippen molar-refractivity contribution in [1.29, 1.82) is 0 Å². The number of hydrogen-bond donors (Lipinski definition) is 2. The van der Waals surface area contributed by atoms with Gasteiger partial charge in [0.25, 0.3) is 0 Å². The molecule has 3 atom stereocenters. The van der Waals surface area contributed by atoms with Crippen LogP contribution >= 0.6 is 0 Å². The number of hydrogen-bond acceptors (Lipinski definition) is 3. The molecule has 5 nitrogen and oxygen atoms in total. The summed E-state index contributed by atoms with van der Waals surface area (Å²) < 4.78 is 11.6. The van der Waals surface area contributed by atoms with Gasteiger partial charge in [-0.1, -0.05) is 20.8 Å². The van der Waals surface area contributed by atoms with Crippen LogP contribution in [-0.4, -0.2) is 38.2 Å². The molecule has 0 aliphatic rings. The highest BCUT2D eigenvalue weighted by Gasteiger charge is 2.19. The molecular formula is C11H21NO4S. The van der Waals surface area contributed by atoms with Crippen molar-refractivity contribution in [2.45, 2.75) is 45.4 Å². The molecule has 3 unspecified atom stereocenters. The Hall–Kier alpha value is -0.910. The maximum atomic E-state index is 11.6. The molecule has 0 aromatic heterocycles. The number of carbonyl (C=O) groups is 2. The van der Waals surface area contributed by atoms with Crippen molar-refractivity contribution in [1.82, 2.24) is 5.32 Å². The van der Waals surface area contributed by atoms with Crippen LogP contribution in [0.3, 0.4) is 0 Å². The summed E-state index contributed by atoms with van der Waals surface area (Å²) in [5.41, 5.74) is 0. The Balaban J connectivity index is 4.12. The summed E-state index contributed by atoms with van der Waals surface area (Å²) >= 11 is 0. The number of carboxylic acids is 1. The smallest absolute Gasteiger partial charge is 0.304 e. The minimum Gasteiger partial charge on any atom is -0.481 e. The van der Waals surface area contributed by atoms with Crippen LogP contribution in [0.15, 0.2) is 0 Å². The summed E-state index contributed by atoms with van der Waals surface area (Å²) in [6, 6.07) is 0.0225. The van der Waals surface area contributed by atoms with Gasteiger partial charge in [-0.2, -0.15) is 0 Å². The first-order valence-corrected chi connectivity index (χ1v) is 7.00. The molecule has 1 amide bonds. The first-order chi connectivity index (χ1) is 7.73. The summed E-state index contributed by atoms with van der Waals surface area (Å²) in [6.45, 7) is 7.42. The van der Waals surface area contributed by atoms with Crippen molar-refractivity contribution in [3.05, 3.63) is 0 Å². The maximum absolute atomic E-state index is 11.6. The molecule has 0 aromatic carbocycles. The molecule has 0 aliphatic heterocycles. The SMILES string of the molecule is CC(C)C(C)NC(=O)CS(=O)C(C)CC(=O)O. The summed E-state index contributed by atoms with van der Waals surface area (Å²) in [5.74, 6) is -1.11. The van der Waals surface area contributed by atoms with E-state index in [2.05, 4.69) is 5.32 Å². The van der Waals surface area contributed by atoms with E-state index in [9.17, 15) is 13.8 Å². The van der Waals surface area contributed by atoms with Crippen LogP contribution in [-0.2, 0) is 20.4 Å². The quantitative estimate of drug-likeness (QED) is 0.710. The number of nitrogens with one attached hydrogen (secondary N) is 1. The average Bonchev–Trinajstić information content (AvgIpc) is 2.15. The topological polar surface area (TPSA) is 83.5 Å². The second-order valence-electron chi connectivity index (χ2n) is 4.53. The molecule has 0 radical (unpaired) electrons. The minimum atomic E-state index is -1.44. The third-order valence-electron chi connectivity index (χ3n) is 2.57. The zero-order valence-corrected chi connectivity index (χ0v) is 11.5. The van der Waals surface area contributed by atoms with Gasteiger partial charge in [0, 0.05) is 22.1 Å². The van der Waals surface area contributed by atoms with Gasteiger partial charge in [0.05, 0.1) is 6.42 Å². The molecule has 0 rings (SSSR count). The van der Waals surface area contributed by atoms with Crippen molar-refractivity contribution < 1.29 is 18.9 Å². The van der Waals surface area contributed by atoms with E-state index in [1.807, 2.05) is 20.8 Å². The van der Waals surface area contributed by atoms with Gasteiger partial charge < -0.3 is 10.4 Å². The fraction of sp³-hybridized carbons (Fsp3) is 0.818. The highest BCUT2D eigenvalue weighted by molar-refractivity contribution is 7.86. The number of rotatable bonds is 7. The Kier molecular flexibility index (Phi) is 7.03. The van der Waals surface area contributed by atoms with Gasteiger partial charge in [0.1, 0.15) is 5.75 Å². The molecule has 100 valence electrons. The summed E-state index contributed by atoms with van der Waals surface area (Å²) in [4.78, 5) is 21.9. The Morgan fingerprint density at radius 3 is 2.18 bits per heavy atom. The van der Waals surface area contributed by atoms with Crippen molar-refractivity contribution in [2.75, 3.05) is 5.75 Å². The predicted octanol–water partition coefficient (Wildman–Crippen LogP) is 0.759. The van der Waals surface area contributed by atoms with E-state index in [-0.39, 0.29) is 24.1 Å². The standard InChI is InChI=1S/C11H21NO4S/c1-7(2)9(4)12-10(13)6-17(16)8(3)5-11(14)15/h7-9H,5-6H2,1-4H3,(H,12,13)(H,14,15). The Bertz CT molecular complexity index is 304. The van der Waals surface area contributed by atoms with Gasteiger partial charge in [-0.25, -0.2) is 0 Å². The molecule has 0 saturated carbocycles. The van der Waals surface area contributed by atoms with E-state index in [1.165, 1.54) is 0 Å². The van der Waals surface area contributed by atoms with Gasteiger partial charge in [-0.3, -0.25) is 13.8 Å². The van der Waals surface area contributed by atoms with Crippen LogP contribution in [0.2, 0.25) is 0 Å². The number of carbonyl (C=O) groups excluding carboxylic acids is 1. The highest BCUT2D eigenvalue weighted by atomic mass is 32.2. The lowest BCUT2D eigenvalue weighted by Gasteiger charge is -2.17. The van der Waals surface area contributed by atoms with Gasteiger partial charge in [0.15, 0.2) is 0 Å². The van der Waals surface area contributed by atoms with Crippen molar-refractivity contribution in [3.8, 4) is 0 Å². The Morgan fingerprint density at radius 1 is 1.24 bits per heavy atom.